The average molecular weight is 304 g/mol. The van der Waals surface area contributed by atoms with Crippen molar-refractivity contribution in [2.45, 2.75) is 69.9 Å². The molecule has 0 aromatic rings. The molecule has 1 saturated heterocycles. The van der Waals surface area contributed by atoms with E-state index in [2.05, 4.69) is 0 Å². The number of hydrogen-bond donors (Lipinski definition) is 1. The molecule has 0 radical (unpaired) electrons. The highest BCUT2D eigenvalue weighted by molar-refractivity contribution is 7.86. The molecule has 1 aliphatic heterocycles. The van der Waals surface area contributed by atoms with Crippen molar-refractivity contribution >= 4 is 10.2 Å². The summed E-state index contributed by atoms with van der Waals surface area (Å²) in [5.74, 6) is 0. The molecule has 1 atom stereocenters. The summed E-state index contributed by atoms with van der Waals surface area (Å²) in [5, 5.41) is 10.1. The van der Waals surface area contributed by atoms with Crippen LogP contribution in [0.15, 0.2) is 0 Å². The maximum Gasteiger partial charge on any atom is 0.281 e. The van der Waals surface area contributed by atoms with E-state index >= 15 is 0 Å². The van der Waals surface area contributed by atoms with Gasteiger partial charge in [0.1, 0.15) is 0 Å². The van der Waals surface area contributed by atoms with Crippen molar-refractivity contribution < 1.29 is 13.5 Å². The highest BCUT2D eigenvalue weighted by Gasteiger charge is 2.35. The van der Waals surface area contributed by atoms with E-state index in [1.807, 2.05) is 0 Å². The summed E-state index contributed by atoms with van der Waals surface area (Å²) in [6, 6.07) is 0.150. The predicted molar refractivity (Wildman–Crippen MR) is 79.6 cm³/mol. The Labute approximate surface area is 123 Å². The van der Waals surface area contributed by atoms with Crippen molar-refractivity contribution in [1.82, 2.24) is 8.61 Å². The molecule has 1 saturated carbocycles. The van der Waals surface area contributed by atoms with Crippen molar-refractivity contribution in [2.75, 3.05) is 20.1 Å². The lowest BCUT2D eigenvalue weighted by Gasteiger charge is -2.34. The maximum atomic E-state index is 12.7. The summed E-state index contributed by atoms with van der Waals surface area (Å²) >= 11 is 0. The van der Waals surface area contributed by atoms with E-state index in [0.29, 0.717) is 25.9 Å². The molecule has 0 amide bonds. The average Bonchev–Trinajstić information content (AvgIpc) is 2.60. The van der Waals surface area contributed by atoms with E-state index in [9.17, 15) is 13.5 Å². The second-order valence-corrected chi connectivity index (χ2v) is 8.55. The molecule has 2 aliphatic rings. The van der Waals surface area contributed by atoms with E-state index in [4.69, 9.17) is 0 Å². The van der Waals surface area contributed by atoms with E-state index in [-0.39, 0.29) is 6.04 Å². The largest absolute Gasteiger partial charge is 0.390 e. The van der Waals surface area contributed by atoms with E-state index in [0.717, 1.165) is 32.1 Å². The minimum atomic E-state index is -3.38. The molecule has 1 unspecified atom stereocenters. The van der Waals surface area contributed by atoms with Gasteiger partial charge in [0.15, 0.2) is 0 Å². The van der Waals surface area contributed by atoms with Crippen LogP contribution in [0.5, 0.6) is 0 Å². The van der Waals surface area contributed by atoms with Crippen LogP contribution in [0.2, 0.25) is 0 Å². The third-order valence-corrected chi connectivity index (χ3v) is 6.85. The molecule has 2 fully saturated rings. The van der Waals surface area contributed by atoms with Crippen LogP contribution in [0.25, 0.3) is 0 Å². The van der Waals surface area contributed by atoms with Gasteiger partial charge in [-0.1, -0.05) is 19.3 Å². The number of nitrogens with zero attached hydrogens (tertiary/aromatic N) is 2. The van der Waals surface area contributed by atoms with Crippen LogP contribution in [0, 0.1) is 0 Å². The molecule has 6 heteroatoms. The van der Waals surface area contributed by atoms with Crippen LogP contribution >= 0.6 is 0 Å². The van der Waals surface area contributed by atoms with Gasteiger partial charge in [-0.2, -0.15) is 17.0 Å². The fourth-order valence-corrected chi connectivity index (χ4v) is 4.92. The Kier molecular flexibility index (Phi) is 5.10. The van der Waals surface area contributed by atoms with Gasteiger partial charge in [0, 0.05) is 26.2 Å². The maximum absolute atomic E-state index is 12.7. The topological polar surface area (TPSA) is 60.9 Å². The van der Waals surface area contributed by atoms with Gasteiger partial charge in [0.2, 0.25) is 0 Å². The normalized spacial score (nSPS) is 31.4. The highest BCUT2D eigenvalue weighted by Crippen LogP contribution is 2.27. The van der Waals surface area contributed by atoms with Gasteiger partial charge in [-0.15, -0.1) is 0 Å². The van der Waals surface area contributed by atoms with Crippen LogP contribution in [0.1, 0.15) is 58.3 Å². The van der Waals surface area contributed by atoms with Crippen molar-refractivity contribution in [3.05, 3.63) is 0 Å². The van der Waals surface area contributed by atoms with Crippen LogP contribution in [0.4, 0.5) is 0 Å². The molecule has 0 aromatic carbocycles. The Morgan fingerprint density at radius 1 is 1.10 bits per heavy atom. The molecular formula is C14H28N2O3S. The second-order valence-electron chi connectivity index (χ2n) is 6.57. The third-order valence-electron chi connectivity index (χ3n) is 4.80. The van der Waals surface area contributed by atoms with Gasteiger partial charge in [-0.05, 0) is 39.0 Å². The molecule has 2 rings (SSSR count). The molecule has 0 bridgehead atoms. The first-order valence-electron chi connectivity index (χ1n) is 7.78. The Hall–Kier alpha value is -0.170. The van der Waals surface area contributed by atoms with Gasteiger partial charge < -0.3 is 5.11 Å². The predicted octanol–water partition coefficient (Wildman–Crippen LogP) is 1.73. The van der Waals surface area contributed by atoms with Gasteiger partial charge in [-0.3, -0.25) is 0 Å². The van der Waals surface area contributed by atoms with E-state index in [1.54, 1.807) is 22.6 Å². The molecule has 20 heavy (non-hydrogen) atoms. The Morgan fingerprint density at radius 2 is 1.75 bits per heavy atom. The Balaban J connectivity index is 2.05. The first-order chi connectivity index (χ1) is 9.33. The van der Waals surface area contributed by atoms with Crippen LogP contribution in [0.3, 0.4) is 0 Å². The summed E-state index contributed by atoms with van der Waals surface area (Å²) in [6.45, 7) is 2.75. The van der Waals surface area contributed by atoms with Gasteiger partial charge in [0.25, 0.3) is 10.2 Å². The van der Waals surface area contributed by atoms with Crippen molar-refractivity contribution in [2.24, 2.45) is 0 Å². The molecule has 0 aromatic heterocycles. The zero-order chi connectivity index (χ0) is 14.8. The summed E-state index contributed by atoms with van der Waals surface area (Å²) in [6.07, 6.45) is 7.33. The van der Waals surface area contributed by atoms with Crippen molar-refractivity contribution in [3.8, 4) is 0 Å². The number of aliphatic hydroxyl groups is 1. The summed E-state index contributed by atoms with van der Waals surface area (Å²) in [4.78, 5) is 0. The minimum absolute atomic E-state index is 0.150. The summed E-state index contributed by atoms with van der Waals surface area (Å²) in [5.41, 5.74) is -0.728. The smallest absolute Gasteiger partial charge is 0.281 e. The monoisotopic (exact) mass is 304 g/mol. The summed E-state index contributed by atoms with van der Waals surface area (Å²) in [7, 11) is -1.66. The molecule has 1 N–H and O–H groups in total. The van der Waals surface area contributed by atoms with E-state index < -0.39 is 15.8 Å². The van der Waals surface area contributed by atoms with E-state index in [1.165, 1.54) is 6.42 Å². The Morgan fingerprint density at radius 3 is 2.40 bits per heavy atom. The van der Waals surface area contributed by atoms with Gasteiger partial charge >= 0.3 is 0 Å². The molecule has 0 spiro atoms. The van der Waals surface area contributed by atoms with Gasteiger partial charge in [-0.25, -0.2) is 0 Å². The first kappa shape index (κ1) is 16.2. The lowest BCUT2D eigenvalue weighted by molar-refractivity contribution is 0.0464. The van der Waals surface area contributed by atoms with Crippen molar-refractivity contribution in [3.63, 3.8) is 0 Å². The molecule has 1 aliphatic carbocycles. The van der Waals surface area contributed by atoms with Crippen molar-refractivity contribution in [1.29, 1.82) is 0 Å². The minimum Gasteiger partial charge on any atom is -0.390 e. The third kappa shape index (κ3) is 3.72. The lowest BCUT2D eigenvalue weighted by Crippen LogP contribution is -2.47. The number of rotatable bonds is 3. The molecular weight excluding hydrogens is 276 g/mol. The SMILES string of the molecule is CN(C1CCCCC1)S(=O)(=O)N1CCCC(C)(O)CC1. The zero-order valence-corrected chi connectivity index (χ0v) is 13.5. The molecule has 5 nitrogen and oxygen atoms in total. The standard InChI is InChI=1S/C14H28N2O3S/c1-14(17)9-6-11-16(12-10-14)20(18,19)15(2)13-7-4-3-5-8-13/h13,17H,3-12H2,1-2H3. The highest BCUT2D eigenvalue weighted by atomic mass is 32.2. The fourth-order valence-electron chi connectivity index (χ4n) is 3.28. The summed E-state index contributed by atoms with van der Waals surface area (Å²) < 4.78 is 28.6. The van der Waals surface area contributed by atoms with Crippen LogP contribution in [-0.4, -0.2) is 53.9 Å². The Bertz CT molecular complexity index is 416. The van der Waals surface area contributed by atoms with Gasteiger partial charge in [0.05, 0.1) is 5.60 Å². The number of hydrogen-bond acceptors (Lipinski definition) is 3. The lowest BCUT2D eigenvalue weighted by atomic mass is 9.96. The fraction of sp³-hybridized carbons (Fsp3) is 1.00. The van der Waals surface area contributed by atoms with Crippen LogP contribution < -0.4 is 0 Å². The van der Waals surface area contributed by atoms with Crippen LogP contribution in [-0.2, 0) is 10.2 Å². The first-order valence-corrected chi connectivity index (χ1v) is 9.18. The molecule has 1 heterocycles. The zero-order valence-electron chi connectivity index (χ0n) is 12.7. The quantitative estimate of drug-likeness (QED) is 0.864. The second kappa shape index (κ2) is 6.30. The molecule has 118 valence electrons.